The molecule has 6 rings (SSSR count). The molecule has 37 heavy (non-hydrogen) atoms. The number of fused-ring (bicyclic) bond motifs is 2. The predicted molar refractivity (Wildman–Crippen MR) is 140 cm³/mol. The molecule has 0 radical (unpaired) electrons. The van der Waals surface area contributed by atoms with Crippen LogP contribution in [0.2, 0.25) is 0 Å². The molecule has 2 aliphatic rings. The molecule has 1 aliphatic heterocycles. The first-order chi connectivity index (χ1) is 18.2. The van der Waals surface area contributed by atoms with Crippen LogP contribution in [-0.4, -0.2) is 94.1 Å². The normalized spacial score (nSPS) is 20.3. The summed E-state index contributed by atoms with van der Waals surface area (Å²) in [5.41, 5.74) is 3.59. The number of ether oxygens (including phenoxy) is 2. The van der Waals surface area contributed by atoms with E-state index in [4.69, 9.17) is 14.5 Å². The molecule has 5 heterocycles. The Morgan fingerprint density at radius 3 is 2.84 bits per heavy atom. The van der Waals surface area contributed by atoms with Crippen LogP contribution in [0.5, 0.6) is 0 Å². The highest BCUT2D eigenvalue weighted by atomic mass is 16.5. The van der Waals surface area contributed by atoms with Gasteiger partial charge in [-0.25, -0.2) is 9.97 Å². The van der Waals surface area contributed by atoms with Crippen molar-refractivity contribution < 1.29 is 14.3 Å². The molecule has 2 atom stereocenters. The Morgan fingerprint density at radius 2 is 2.08 bits per heavy atom. The average Bonchev–Trinajstić information content (AvgIpc) is 3.52. The van der Waals surface area contributed by atoms with Crippen LogP contribution in [0.25, 0.3) is 27.9 Å². The number of morpholine rings is 1. The van der Waals surface area contributed by atoms with E-state index in [1.165, 1.54) is 0 Å². The van der Waals surface area contributed by atoms with E-state index in [0.717, 1.165) is 80.3 Å². The van der Waals surface area contributed by atoms with Crippen molar-refractivity contribution in [3.63, 3.8) is 0 Å². The van der Waals surface area contributed by atoms with Crippen molar-refractivity contribution in [3.05, 3.63) is 42.4 Å². The van der Waals surface area contributed by atoms with Crippen LogP contribution in [0.15, 0.2) is 36.8 Å². The summed E-state index contributed by atoms with van der Waals surface area (Å²) < 4.78 is 14.8. The van der Waals surface area contributed by atoms with Gasteiger partial charge in [-0.15, -0.1) is 0 Å². The second kappa shape index (κ2) is 10.1. The van der Waals surface area contributed by atoms with Gasteiger partial charge < -0.3 is 24.7 Å². The van der Waals surface area contributed by atoms with Crippen molar-refractivity contribution in [1.82, 2.24) is 34.4 Å². The number of aromatic nitrogens is 5. The number of rotatable bonds is 8. The maximum Gasteiger partial charge on any atom is 0.257 e. The molecule has 0 aromatic carbocycles. The molecule has 194 valence electrons. The second-order valence-corrected chi connectivity index (χ2v) is 9.57. The summed E-state index contributed by atoms with van der Waals surface area (Å²) in [5, 5.41) is 11.8. The first-order valence-electron chi connectivity index (χ1n) is 12.8. The molecule has 2 N–H and O–H groups in total. The molecule has 11 heteroatoms. The fourth-order valence-electron chi connectivity index (χ4n) is 5.17. The Balaban J connectivity index is 1.36. The molecule has 1 amide bonds. The third-order valence-electron chi connectivity index (χ3n) is 7.47. The van der Waals surface area contributed by atoms with E-state index >= 15 is 0 Å². The van der Waals surface area contributed by atoms with E-state index in [-0.39, 0.29) is 18.1 Å². The van der Waals surface area contributed by atoms with E-state index in [1.807, 2.05) is 25.4 Å². The van der Waals surface area contributed by atoms with E-state index in [2.05, 4.69) is 42.4 Å². The minimum Gasteiger partial charge on any atom is -0.379 e. The van der Waals surface area contributed by atoms with Gasteiger partial charge >= 0.3 is 0 Å². The first-order valence-corrected chi connectivity index (χ1v) is 12.8. The quantitative estimate of drug-likeness (QED) is 0.375. The van der Waals surface area contributed by atoms with Gasteiger partial charge in [-0.3, -0.25) is 9.69 Å². The maximum absolute atomic E-state index is 13.2. The minimum absolute atomic E-state index is 0.00918. The number of amides is 1. The Kier molecular flexibility index (Phi) is 6.49. The van der Waals surface area contributed by atoms with Crippen LogP contribution in [0.4, 0.5) is 5.82 Å². The Labute approximate surface area is 214 Å². The summed E-state index contributed by atoms with van der Waals surface area (Å²) in [6.45, 7) is 5.19. The number of methoxy groups -OCH3 is 1. The zero-order valence-electron chi connectivity index (χ0n) is 21.2. The van der Waals surface area contributed by atoms with Gasteiger partial charge in [-0.2, -0.15) is 9.61 Å². The van der Waals surface area contributed by atoms with Crippen LogP contribution in [0.3, 0.4) is 0 Å². The number of hydrogen-bond acceptors (Lipinski definition) is 8. The number of hydrogen-bond donors (Lipinski definition) is 2. The smallest absolute Gasteiger partial charge is 0.257 e. The zero-order chi connectivity index (χ0) is 25.4. The highest BCUT2D eigenvalue weighted by molar-refractivity contribution is 6.01. The van der Waals surface area contributed by atoms with Crippen LogP contribution in [-0.2, 0) is 16.0 Å². The summed E-state index contributed by atoms with van der Waals surface area (Å²) in [5.74, 6) is 0.554. The lowest BCUT2D eigenvalue weighted by Gasteiger charge is -2.35. The third-order valence-corrected chi connectivity index (χ3v) is 7.47. The van der Waals surface area contributed by atoms with Crippen LogP contribution < -0.4 is 10.6 Å². The van der Waals surface area contributed by atoms with Crippen molar-refractivity contribution in [1.29, 1.82) is 0 Å². The Bertz CT molecular complexity index is 1420. The Hall–Kier alpha value is -3.54. The van der Waals surface area contributed by atoms with E-state index in [0.29, 0.717) is 11.2 Å². The standard InChI is InChI=1S/C26H32N8O3/c1-27-23-14-21(30-25-18(15-29-34(23)25)26(35)31-20-5-6-22(20)36-2)19-16-33(24-17(19)4-3-7-28-24)9-8-32-10-12-37-13-11-32/h3-4,7,14-16,20,22,27H,5-6,8-13H2,1-2H3,(H,31,35)/t20?,22-/m1/s1. The number of pyridine rings is 1. The van der Waals surface area contributed by atoms with E-state index in [1.54, 1.807) is 17.8 Å². The van der Waals surface area contributed by atoms with Gasteiger partial charge in [0.25, 0.3) is 5.91 Å². The van der Waals surface area contributed by atoms with Crippen LogP contribution >= 0.6 is 0 Å². The molecule has 2 fully saturated rings. The molecule has 1 saturated carbocycles. The molecule has 4 aromatic heterocycles. The molecule has 1 aliphatic carbocycles. The van der Waals surface area contributed by atoms with Crippen molar-refractivity contribution in [3.8, 4) is 11.3 Å². The number of anilines is 1. The highest BCUT2D eigenvalue weighted by Gasteiger charge is 2.33. The fourth-order valence-corrected chi connectivity index (χ4v) is 5.17. The van der Waals surface area contributed by atoms with Gasteiger partial charge in [0, 0.05) is 69.7 Å². The van der Waals surface area contributed by atoms with Gasteiger partial charge in [0.15, 0.2) is 5.65 Å². The van der Waals surface area contributed by atoms with Crippen molar-refractivity contribution in [2.75, 3.05) is 52.3 Å². The average molecular weight is 505 g/mol. The van der Waals surface area contributed by atoms with E-state index in [9.17, 15) is 4.79 Å². The molecule has 1 unspecified atom stereocenters. The molecule has 0 spiro atoms. The van der Waals surface area contributed by atoms with Gasteiger partial charge in [-0.1, -0.05) is 0 Å². The van der Waals surface area contributed by atoms with Crippen molar-refractivity contribution in [2.24, 2.45) is 0 Å². The number of carbonyl (C=O) groups is 1. The molecule has 1 saturated heterocycles. The van der Waals surface area contributed by atoms with E-state index < -0.39 is 0 Å². The van der Waals surface area contributed by atoms with Crippen molar-refractivity contribution in [2.45, 2.75) is 31.5 Å². The third kappa shape index (κ3) is 4.43. The molecular weight excluding hydrogens is 472 g/mol. The summed E-state index contributed by atoms with van der Waals surface area (Å²) in [6, 6.07) is 5.98. The largest absolute Gasteiger partial charge is 0.379 e. The minimum atomic E-state index is -0.192. The van der Waals surface area contributed by atoms with Crippen molar-refractivity contribution >= 4 is 28.4 Å². The zero-order valence-corrected chi connectivity index (χ0v) is 21.2. The number of nitrogens with zero attached hydrogens (tertiary/aromatic N) is 6. The maximum atomic E-state index is 13.2. The molecule has 11 nitrogen and oxygen atoms in total. The lowest BCUT2D eigenvalue weighted by Crippen LogP contribution is -2.51. The predicted octanol–water partition coefficient (Wildman–Crippen LogP) is 2.03. The SMILES string of the molecule is CNc1cc(-c2cn(CCN3CCOCC3)c3ncccc23)nc2c(C(=O)NC3CC[C@H]3OC)cnn12. The van der Waals surface area contributed by atoms with Gasteiger partial charge in [0.1, 0.15) is 17.0 Å². The summed E-state index contributed by atoms with van der Waals surface area (Å²) >= 11 is 0. The molecule has 0 bridgehead atoms. The monoisotopic (exact) mass is 504 g/mol. The summed E-state index contributed by atoms with van der Waals surface area (Å²) in [4.78, 5) is 25.2. The van der Waals surface area contributed by atoms with Crippen LogP contribution in [0, 0.1) is 0 Å². The molecular formula is C26H32N8O3. The van der Waals surface area contributed by atoms with Gasteiger partial charge in [0.05, 0.1) is 37.3 Å². The topological polar surface area (TPSA) is 111 Å². The Morgan fingerprint density at radius 1 is 1.22 bits per heavy atom. The fraction of sp³-hybridized carbons (Fsp3) is 0.462. The lowest BCUT2D eigenvalue weighted by molar-refractivity contribution is 0.00732. The molecule has 4 aromatic rings. The summed E-state index contributed by atoms with van der Waals surface area (Å²) in [6.07, 6.45) is 7.42. The van der Waals surface area contributed by atoms with Crippen LogP contribution in [0.1, 0.15) is 23.2 Å². The van der Waals surface area contributed by atoms with Gasteiger partial charge in [0.2, 0.25) is 0 Å². The lowest BCUT2D eigenvalue weighted by atomic mass is 9.89. The highest BCUT2D eigenvalue weighted by Crippen LogP contribution is 2.31. The number of nitrogens with one attached hydrogen (secondary N) is 2. The summed E-state index contributed by atoms with van der Waals surface area (Å²) in [7, 11) is 3.52. The number of carbonyl (C=O) groups excluding carboxylic acids is 1. The first kappa shape index (κ1) is 23.8. The van der Waals surface area contributed by atoms with Gasteiger partial charge in [-0.05, 0) is 25.0 Å². The second-order valence-electron chi connectivity index (χ2n) is 9.57.